The van der Waals surface area contributed by atoms with E-state index < -0.39 is 0 Å². The van der Waals surface area contributed by atoms with Gasteiger partial charge in [-0.05, 0) is 48.7 Å². The number of fused-ring (bicyclic) bond motifs is 1. The van der Waals surface area contributed by atoms with Crippen LogP contribution < -0.4 is 20.1 Å². The monoisotopic (exact) mass is 394 g/mol. The molecule has 0 spiro atoms. The summed E-state index contributed by atoms with van der Waals surface area (Å²) in [6, 6.07) is 12.7. The van der Waals surface area contributed by atoms with Gasteiger partial charge < -0.3 is 20.1 Å². The zero-order valence-corrected chi connectivity index (χ0v) is 16.4. The number of ether oxygens (including phenoxy) is 2. The van der Waals surface area contributed by atoms with Gasteiger partial charge in [-0.3, -0.25) is 9.59 Å². The van der Waals surface area contributed by atoms with Crippen molar-refractivity contribution in [3.05, 3.63) is 53.6 Å². The number of hydrogen-bond acceptors (Lipinski definition) is 4. The molecule has 2 aromatic carbocycles. The Hall–Kier alpha value is -3.02. The molecule has 1 aliphatic heterocycles. The van der Waals surface area contributed by atoms with Crippen LogP contribution in [0.4, 0.5) is 5.69 Å². The van der Waals surface area contributed by atoms with E-state index in [0.717, 1.165) is 37.0 Å². The van der Waals surface area contributed by atoms with E-state index in [1.54, 1.807) is 18.2 Å². The van der Waals surface area contributed by atoms with Crippen molar-refractivity contribution in [3.8, 4) is 11.5 Å². The summed E-state index contributed by atoms with van der Waals surface area (Å²) < 4.78 is 11.1. The van der Waals surface area contributed by atoms with Gasteiger partial charge in [-0.15, -0.1) is 0 Å². The highest BCUT2D eigenvalue weighted by Gasteiger charge is 2.21. The summed E-state index contributed by atoms with van der Waals surface area (Å²) in [5.41, 5.74) is 2.11. The number of anilines is 1. The molecule has 1 aliphatic carbocycles. The molecule has 0 bridgehead atoms. The molecule has 6 nitrogen and oxygen atoms in total. The van der Waals surface area contributed by atoms with Crippen molar-refractivity contribution in [1.82, 2.24) is 5.32 Å². The van der Waals surface area contributed by atoms with Gasteiger partial charge in [-0.1, -0.05) is 31.4 Å². The zero-order chi connectivity index (χ0) is 20.1. The van der Waals surface area contributed by atoms with Crippen LogP contribution >= 0.6 is 0 Å². The van der Waals surface area contributed by atoms with E-state index in [1.807, 2.05) is 24.3 Å². The number of carbonyl (C=O) groups is 2. The van der Waals surface area contributed by atoms with Crippen molar-refractivity contribution in [2.75, 3.05) is 18.5 Å². The normalized spacial score (nSPS) is 16.1. The van der Waals surface area contributed by atoms with Crippen LogP contribution in [0.5, 0.6) is 11.5 Å². The van der Waals surface area contributed by atoms with E-state index in [-0.39, 0.29) is 17.7 Å². The van der Waals surface area contributed by atoms with Gasteiger partial charge in [0.2, 0.25) is 5.91 Å². The zero-order valence-electron chi connectivity index (χ0n) is 16.4. The van der Waals surface area contributed by atoms with Gasteiger partial charge in [0.15, 0.2) is 11.5 Å². The fourth-order valence-electron chi connectivity index (χ4n) is 3.83. The minimum Gasteiger partial charge on any atom is -0.486 e. The molecule has 152 valence electrons. The Morgan fingerprint density at radius 2 is 1.72 bits per heavy atom. The predicted octanol–water partition coefficient (Wildman–Crippen LogP) is 3.91. The van der Waals surface area contributed by atoms with E-state index in [2.05, 4.69) is 10.6 Å². The second-order valence-corrected chi connectivity index (χ2v) is 7.57. The second kappa shape index (κ2) is 8.99. The van der Waals surface area contributed by atoms with Gasteiger partial charge >= 0.3 is 0 Å². The Balaban J connectivity index is 1.35. The summed E-state index contributed by atoms with van der Waals surface area (Å²) >= 11 is 0. The van der Waals surface area contributed by atoms with Gasteiger partial charge in [-0.2, -0.15) is 0 Å². The van der Waals surface area contributed by atoms with E-state index in [1.165, 1.54) is 6.42 Å². The number of rotatable bonds is 5. The molecule has 1 fully saturated rings. The standard InChI is InChI=1S/C23H26N2O4/c26-22(24-15-16-9-10-20-21(13-16)29-12-11-28-20)18-7-4-8-19(14-18)25-23(27)17-5-2-1-3-6-17/h4,7-10,13-14,17H,1-3,5-6,11-12,15H2,(H,24,26)(H,25,27). The fourth-order valence-corrected chi connectivity index (χ4v) is 3.83. The predicted molar refractivity (Wildman–Crippen MR) is 110 cm³/mol. The molecule has 2 amide bonds. The van der Waals surface area contributed by atoms with Crippen LogP contribution in [-0.2, 0) is 11.3 Å². The summed E-state index contributed by atoms with van der Waals surface area (Å²) in [5.74, 6) is 1.38. The van der Waals surface area contributed by atoms with Crippen molar-refractivity contribution >= 4 is 17.5 Å². The van der Waals surface area contributed by atoms with E-state index in [9.17, 15) is 9.59 Å². The van der Waals surface area contributed by atoms with Crippen molar-refractivity contribution in [2.45, 2.75) is 38.6 Å². The van der Waals surface area contributed by atoms with Crippen molar-refractivity contribution in [3.63, 3.8) is 0 Å². The molecule has 0 atom stereocenters. The first-order valence-electron chi connectivity index (χ1n) is 10.3. The third-order valence-electron chi connectivity index (χ3n) is 5.43. The van der Waals surface area contributed by atoms with E-state index in [4.69, 9.17) is 9.47 Å². The molecular formula is C23H26N2O4. The van der Waals surface area contributed by atoms with Crippen molar-refractivity contribution in [1.29, 1.82) is 0 Å². The molecule has 1 saturated carbocycles. The lowest BCUT2D eigenvalue weighted by Crippen LogP contribution is -2.25. The van der Waals surface area contributed by atoms with Crippen LogP contribution in [0.1, 0.15) is 48.0 Å². The lowest BCUT2D eigenvalue weighted by molar-refractivity contribution is -0.120. The molecular weight excluding hydrogens is 368 g/mol. The number of carbonyl (C=O) groups excluding carboxylic acids is 2. The Kier molecular flexibility index (Phi) is 5.98. The van der Waals surface area contributed by atoms with Crippen LogP contribution in [0, 0.1) is 5.92 Å². The first kappa shape index (κ1) is 19.3. The molecule has 0 aromatic heterocycles. The van der Waals surface area contributed by atoms with Crippen LogP contribution in [0.15, 0.2) is 42.5 Å². The molecule has 4 rings (SSSR count). The van der Waals surface area contributed by atoms with Crippen LogP contribution in [-0.4, -0.2) is 25.0 Å². The fraction of sp³-hybridized carbons (Fsp3) is 0.391. The maximum atomic E-state index is 12.6. The maximum Gasteiger partial charge on any atom is 0.251 e. The van der Waals surface area contributed by atoms with E-state index >= 15 is 0 Å². The smallest absolute Gasteiger partial charge is 0.251 e. The third kappa shape index (κ3) is 4.88. The van der Waals surface area contributed by atoms with Crippen LogP contribution in [0.3, 0.4) is 0 Å². The van der Waals surface area contributed by atoms with Gasteiger partial charge in [0.25, 0.3) is 5.91 Å². The molecule has 0 unspecified atom stereocenters. The third-order valence-corrected chi connectivity index (χ3v) is 5.43. The SMILES string of the molecule is O=C(NCc1ccc2c(c1)OCCO2)c1cccc(NC(=O)C2CCCCC2)c1. The Bertz CT molecular complexity index is 890. The summed E-state index contributed by atoms with van der Waals surface area (Å²) in [6.07, 6.45) is 5.33. The highest BCUT2D eigenvalue weighted by atomic mass is 16.6. The largest absolute Gasteiger partial charge is 0.486 e. The van der Waals surface area contributed by atoms with Crippen LogP contribution in [0.2, 0.25) is 0 Å². The van der Waals surface area contributed by atoms with Gasteiger partial charge in [0, 0.05) is 23.7 Å². The highest BCUT2D eigenvalue weighted by molar-refractivity contribution is 5.97. The van der Waals surface area contributed by atoms with Gasteiger partial charge in [0.1, 0.15) is 13.2 Å². The Morgan fingerprint density at radius 1 is 0.931 bits per heavy atom. The topological polar surface area (TPSA) is 76.7 Å². The van der Waals surface area contributed by atoms with Gasteiger partial charge in [0.05, 0.1) is 0 Å². The minimum absolute atomic E-state index is 0.0542. The summed E-state index contributed by atoms with van der Waals surface area (Å²) in [4.78, 5) is 25.0. The summed E-state index contributed by atoms with van der Waals surface area (Å²) in [5, 5.41) is 5.88. The first-order chi connectivity index (χ1) is 14.2. The molecule has 2 N–H and O–H groups in total. The highest BCUT2D eigenvalue weighted by Crippen LogP contribution is 2.30. The lowest BCUT2D eigenvalue weighted by atomic mass is 9.88. The molecule has 2 aliphatic rings. The molecule has 0 saturated heterocycles. The lowest BCUT2D eigenvalue weighted by Gasteiger charge is -2.20. The molecule has 29 heavy (non-hydrogen) atoms. The second-order valence-electron chi connectivity index (χ2n) is 7.57. The summed E-state index contributed by atoms with van der Waals surface area (Å²) in [7, 11) is 0. The van der Waals surface area contributed by atoms with Crippen molar-refractivity contribution < 1.29 is 19.1 Å². The summed E-state index contributed by atoms with van der Waals surface area (Å²) in [6.45, 7) is 1.47. The number of benzene rings is 2. The molecule has 1 heterocycles. The first-order valence-corrected chi connectivity index (χ1v) is 10.3. The van der Waals surface area contributed by atoms with Crippen LogP contribution in [0.25, 0.3) is 0 Å². The maximum absolute atomic E-state index is 12.6. The number of amides is 2. The molecule has 6 heteroatoms. The number of hydrogen-bond donors (Lipinski definition) is 2. The van der Waals surface area contributed by atoms with Crippen molar-refractivity contribution in [2.24, 2.45) is 5.92 Å². The van der Waals surface area contributed by atoms with E-state index in [0.29, 0.717) is 36.8 Å². The number of nitrogens with one attached hydrogen (secondary N) is 2. The quantitative estimate of drug-likeness (QED) is 0.806. The molecule has 0 radical (unpaired) electrons. The minimum atomic E-state index is -0.186. The van der Waals surface area contributed by atoms with Gasteiger partial charge in [-0.25, -0.2) is 0 Å². The average Bonchev–Trinajstić information content (AvgIpc) is 2.78. The Morgan fingerprint density at radius 3 is 2.55 bits per heavy atom. The Labute approximate surface area is 170 Å². The molecule has 2 aromatic rings. The average molecular weight is 394 g/mol.